The minimum atomic E-state index is -0.378. The van der Waals surface area contributed by atoms with E-state index in [1.54, 1.807) is 11.3 Å². The van der Waals surface area contributed by atoms with Crippen molar-refractivity contribution in [2.75, 3.05) is 11.5 Å². The van der Waals surface area contributed by atoms with Crippen LogP contribution in [0, 0.1) is 11.3 Å². The summed E-state index contributed by atoms with van der Waals surface area (Å²) in [6.45, 7) is -0.0355. The second-order valence-electron chi connectivity index (χ2n) is 7.58. The summed E-state index contributed by atoms with van der Waals surface area (Å²) in [5, 5.41) is 21.1. The van der Waals surface area contributed by atoms with E-state index in [-0.39, 0.29) is 24.6 Å². The lowest BCUT2D eigenvalue weighted by molar-refractivity contribution is 0.188. The Kier molecular flexibility index (Phi) is 5.25. The van der Waals surface area contributed by atoms with Gasteiger partial charge in [-0.3, -0.25) is 0 Å². The monoisotopic (exact) mass is 423 g/mol. The molecule has 1 aliphatic heterocycles. The molecule has 0 aliphatic carbocycles. The Balaban J connectivity index is 1.50. The molecular weight excluding hydrogens is 402 g/mol. The number of hydrogen-bond acceptors (Lipinski definition) is 5. The Morgan fingerprint density at radius 2 is 1.55 bits per heavy atom. The van der Waals surface area contributed by atoms with Gasteiger partial charge in [0.25, 0.3) is 0 Å². The maximum atomic E-state index is 10.3. The summed E-state index contributed by atoms with van der Waals surface area (Å²) in [6, 6.07) is 30.4. The molecule has 3 aromatic carbocycles. The highest BCUT2D eigenvalue weighted by atomic mass is 32.1. The molecule has 5 rings (SSSR count). The fourth-order valence-corrected chi connectivity index (χ4v) is 5.45. The van der Waals surface area contributed by atoms with E-state index < -0.39 is 0 Å². The van der Waals surface area contributed by atoms with Crippen LogP contribution < -0.4 is 4.90 Å². The summed E-state index contributed by atoms with van der Waals surface area (Å²) < 4.78 is 0. The lowest BCUT2D eigenvalue weighted by Gasteiger charge is -2.52. The average Bonchev–Trinajstić information content (AvgIpc) is 3.30. The second kappa shape index (κ2) is 8.35. The topological polar surface area (TPSA) is 60.1 Å². The van der Waals surface area contributed by atoms with Crippen molar-refractivity contribution < 1.29 is 5.11 Å². The van der Waals surface area contributed by atoms with Crippen LogP contribution in [0.1, 0.15) is 11.5 Å². The van der Waals surface area contributed by atoms with Gasteiger partial charge in [-0.2, -0.15) is 5.26 Å². The minimum absolute atomic E-state index is 0.0355. The molecule has 152 valence electrons. The highest BCUT2D eigenvalue weighted by molar-refractivity contribution is 7.18. The normalized spacial score (nSPS) is 20.1. The van der Waals surface area contributed by atoms with Gasteiger partial charge in [-0.15, -0.1) is 0 Å². The van der Waals surface area contributed by atoms with Crippen LogP contribution in [0.3, 0.4) is 0 Å². The van der Waals surface area contributed by atoms with Crippen LogP contribution in [-0.4, -0.2) is 28.8 Å². The van der Waals surface area contributed by atoms with Crippen molar-refractivity contribution in [1.82, 2.24) is 4.98 Å². The zero-order chi connectivity index (χ0) is 21.2. The average molecular weight is 424 g/mol. The first-order chi connectivity index (χ1) is 15.3. The molecule has 31 heavy (non-hydrogen) atoms. The molecule has 0 saturated carbocycles. The number of nitriles is 1. The number of aromatic nitrogens is 1. The van der Waals surface area contributed by atoms with Crippen molar-refractivity contribution in [2.24, 2.45) is 0 Å². The van der Waals surface area contributed by atoms with Crippen LogP contribution in [0.5, 0.6) is 0 Å². The molecule has 3 atom stereocenters. The Bertz CT molecular complexity index is 1220. The van der Waals surface area contributed by atoms with E-state index in [0.29, 0.717) is 0 Å². The van der Waals surface area contributed by atoms with Crippen LogP contribution in [0.2, 0.25) is 0 Å². The zero-order valence-corrected chi connectivity index (χ0v) is 17.6. The van der Waals surface area contributed by atoms with Crippen LogP contribution in [0.15, 0.2) is 91.1 Å². The van der Waals surface area contributed by atoms with Crippen LogP contribution >= 0.6 is 11.3 Å². The number of thiazole rings is 1. The summed E-state index contributed by atoms with van der Waals surface area (Å²) in [5.74, 6) is -0.0875. The van der Waals surface area contributed by atoms with Gasteiger partial charge in [-0.25, -0.2) is 4.98 Å². The lowest BCUT2D eigenvalue weighted by atomic mass is 9.74. The van der Waals surface area contributed by atoms with Gasteiger partial charge in [0.2, 0.25) is 0 Å². The van der Waals surface area contributed by atoms with E-state index in [9.17, 15) is 10.4 Å². The van der Waals surface area contributed by atoms with Gasteiger partial charge >= 0.3 is 0 Å². The third kappa shape index (κ3) is 3.40. The van der Waals surface area contributed by atoms with Crippen LogP contribution in [0.4, 0.5) is 5.13 Å². The summed E-state index contributed by atoms with van der Waals surface area (Å²) in [7, 11) is 0. The fourth-order valence-electron chi connectivity index (χ4n) is 4.43. The summed E-state index contributed by atoms with van der Waals surface area (Å²) in [4.78, 5) is 7.63. The van der Waals surface area contributed by atoms with Gasteiger partial charge in [0, 0.05) is 12.1 Å². The third-order valence-corrected chi connectivity index (χ3v) is 6.97. The van der Waals surface area contributed by atoms with E-state index >= 15 is 0 Å². The van der Waals surface area contributed by atoms with Crippen molar-refractivity contribution in [3.8, 4) is 27.6 Å². The molecule has 1 saturated heterocycles. The summed E-state index contributed by atoms with van der Waals surface area (Å²) in [5.41, 5.74) is 4.42. The number of benzene rings is 3. The van der Waals surface area contributed by atoms with Gasteiger partial charge in [0.1, 0.15) is 6.04 Å². The molecule has 1 aliphatic rings. The van der Waals surface area contributed by atoms with E-state index in [4.69, 9.17) is 0 Å². The minimum Gasteiger partial charge on any atom is -0.394 e. The molecule has 0 amide bonds. The molecule has 0 spiro atoms. The zero-order valence-electron chi connectivity index (χ0n) is 16.8. The van der Waals surface area contributed by atoms with Gasteiger partial charge in [0.05, 0.1) is 23.6 Å². The molecule has 0 bridgehead atoms. The third-order valence-electron chi connectivity index (χ3n) is 5.91. The van der Waals surface area contributed by atoms with Crippen molar-refractivity contribution in [3.05, 3.63) is 96.7 Å². The van der Waals surface area contributed by atoms with Crippen molar-refractivity contribution >= 4 is 16.5 Å². The second-order valence-corrected chi connectivity index (χ2v) is 8.59. The maximum Gasteiger partial charge on any atom is 0.187 e. The van der Waals surface area contributed by atoms with E-state index in [0.717, 1.165) is 32.3 Å². The smallest absolute Gasteiger partial charge is 0.187 e. The van der Waals surface area contributed by atoms with Crippen molar-refractivity contribution in [1.29, 1.82) is 5.26 Å². The number of aliphatic hydroxyl groups is 1. The Labute approximate surface area is 185 Å². The molecule has 5 heteroatoms. The summed E-state index contributed by atoms with van der Waals surface area (Å²) >= 11 is 1.56. The number of aliphatic hydroxyl groups excluding tert-OH is 1. The lowest BCUT2D eigenvalue weighted by Crippen LogP contribution is -2.63. The Morgan fingerprint density at radius 1 is 0.903 bits per heavy atom. The molecule has 1 fully saturated rings. The highest BCUT2D eigenvalue weighted by Gasteiger charge is 2.51. The van der Waals surface area contributed by atoms with Gasteiger partial charge in [-0.1, -0.05) is 96.3 Å². The van der Waals surface area contributed by atoms with Gasteiger partial charge in [-0.05, 0) is 22.3 Å². The first-order valence-electron chi connectivity index (χ1n) is 10.3. The predicted molar refractivity (Wildman–Crippen MR) is 125 cm³/mol. The van der Waals surface area contributed by atoms with Crippen LogP contribution in [-0.2, 0) is 0 Å². The fraction of sp³-hybridized carbons (Fsp3) is 0.154. The van der Waals surface area contributed by atoms with E-state index in [1.807, 2.05) is 59.6 Å². The first kappa shape index (κ1) is 19.5. The molecule has 4 aromatic rings. The molecule has 0 unspecified atom stereocenters. The predicted octanol–water partition coefficient (Wildman–Crippen LogP) is 5.33. The maximum absolute atomic E-state index is 10.3. The molecular formula is C26H21N3OS. The van der Waals surface area contributed by atoms with Gasteiger partial charge < -0.3 is 10.0 Å². The number of hydrogen-bond donors (Lipinski definition) is 1. The number of rotatable bonds is 5. The first-order valence-corrected chi connectivity index (χ1v) is 11.1. The molecule has 1 N–H and O–H groups in total. The summed E-state index contributed by atoms with van der Waals surface area (Å²) in [6.07, 6.45) is 1.85. The van der Waals surface area contributed by atoms with E-state index in [2.05, 4.69) is 47.5 Å². The van der Waals surface area contributed by atoms with Gasteiger partial charge in [0.15, 0.2) is 5.13 Å². The number of anilines is 1. The quantitative estimate of drug-likeness (QED) is 0.471. The van der Waals surface area contributed by atoms with Crippen molar-refractivity contribution in [2.45, 2.75) is 18.0 Å². The highest BCUT2D eigenvalue weighted by Crippen LogP contribution is 2.47. The molecule has 2 heterocycles. The SMILES string of the molecule is N#C[C@@H]1[C@H](c2ccccc2-c2ccccc2)[C@@H](CO)N1c1ncc(-c2ccccc2)s1. The Morgan fingerprint density at radius 3 is 2.23 bits per heavy atom. The number of nitrogens with zero attached hydrogens (tertiary/aromatic N) is 3. The van der Waals surface area contributed by atoms with E-state index in [1.165, 1.54) is 0 Å². The van der Waals surface area contributed by atoms with Crippen LogP contribution in [0.25, 0.3) is 21.6 Å². The van der Waals surface area contributed by atoms with Crippen molar-refractivity contribution in [3.63, 3.8) is 0 Å². The molecule has 1 aromatic heterocycles. The molecule has 4 nitrogen and oxygen atoms in total. The standard InChI is InChI=1S/C26H21N3OS/c27-15-22-25(21-14-8-7-13-20(21)18-9-3-1-4-10-18)23(17-30)29(22)26-28-16-24(31-26)19-11-5-2-6-12-19/h1-14,16,22-23,25,30H,17H2/t22-,23-,25+/m1/s1. The Hall–Kier alpha value is -3.46. The largest absolute Gasteiger partial charge is 0.394 e. The molecule has 0 radical (unpaired) electrons.